The number of carbonyl (C=O) groups is 2. The minimum Gasteiger partial charge on any atom is -0.355 e. The van der Waals surface area contributed by atoms with Crippen LogP contribution in [0.15, 0.2) is 22.7 Å². The van der Waals surface area contributed by atoms with Crippen LogP contribution < -0.4 is 10.6 Å². The number of piperazine rings is 1. The van der Waals surface area contributed by atoms with Gasteiger partial charge in [-0.05, 0) is 25.1 Å². The fourth-order valence-electron chi connectivity index (χ4n) is 2.32. The van der Waals surface area contributed by atoms with E-state index in [9.17, 15) is 9.59 Å². The van der Waals surface area contributed by atoms with E-state index in [2.05, 4.69) is 26.6 Å². The van der Waals surface area contributed by atoms with Crippen molar-refractivity contribution in [1.82, 2.24) is 15.5 Å². The minimum absolute atomic E-state index is 0.140. The quantitative estimate of drug-likeness (QED) is 0.846. The summed E-state index contributed by atoms with van der Waals surface area (Å²) < 4.78 is 0.739. The third kappa shape index (κ3) is 3.96. The van der Waals surface area contributed by atoms with E-state index in [1.54, 1.807) is 23.1 Å². The minimum atomic E-state index is -0.496. The van der Waals surface area contributed by atoms with Crippen molar-refractivity contribution in [3.8, 4) is 0 Å². The molecule has 21 heavy (non-hydrogen) atoms. The van der Waals surface area contributed by atoms with E-state index < -0.39 is 6.04 Å². The molecule has 2 N–H and O–H groups in total. The highest BCUT2D eigenvalue weighted by molar-refractivity contribution is 9.10. The number of halogens is 2. The molecule has 1 heterocycles. The number of hydrogen-bond donors (Lipinski definition) is 2. The van der Waals surface area contributed by atoms with Crippen LogP contribution in [0.5, 0.6) is 0 Å². The maximum atomic E-state index is 12.7. The zero-order chi connectivity index (χ0) is 15.4. The third-order valence-electron chi connectivity index (χ3n) is 3.27. The van der Waals surface area contributed by atoms with E-state index >= 15 is 0 Å². The van der Waals surface area contributed by atoms with E-state index in [4.69, 9.17) is 11.6 Å². The lowest BCUT2D eigenvalue weighted by Gasteiger charge is -2.35. The van der Waals surface area contributed by atoms with Gasteiger partial charge in [0.05, 0.1) is 0 Å². The van der Waals surface area contributed by atoms with Crippen LogP contribution in [0.25, 0.3) is 0 Å². The summed E-state index contributed by atoms with van der Waals surface area (Å²) in [5.74, 6) is -0.324. The first-order chi connectivity index (χ1) is 10.0. The van der Waals surface area contributed by atoms with E-state index in [1.807, 2.05) is 6.92 Å². The second-order valence-corrected chi connectivity index (χ2v) is 6.12. The highest BCUT2D eigenvalue weighted by Crippen LogP contribution is 2.21. The number of likely N-dealkylation sites (N-methyl/N-ethyl adjacent to an activating group) is 1. The van der Waals surface area contributed by atoms with Gasteiger partial charge in [-0.3, -0.25) is 9.59 Å². The summed E-state index contributed by atoms with van der Waals surface area (Å²) in [6.45, 7) is 4.02. The van der Waals surface area contributed by atoms with Crippen LogP contribution in [0.2, 0.25) is 5.02 Å². The number of carbonyl (C=O) groups excluding carboxylic acids is 2. The fraction of sp³-hybridized carbons (Fsp3) is 0.429. The molecule has 114 valence electrons. The smallest absolute Gasteiger partial charge is 0.254 e. The molecule has 1 atom stereocenters. The Kier molecular flexibility index (Phi) is 5.61. The maximum Gasteiger partial charge on any atom is 0.254 e. The van der Waals surface area contributed by atoms with Crippen LogP contribution >= 0.6 is 27.5 Å². The second kappa shape index (κ2) is 7.24. The Bertz CT molecular complexity index is 533. The molecular formula is C14H17BrClN3O2. The van der Waals surface area contributed by atoms with Gasteiger partial charge in [0.1, 0.15) is 6.04 Å². The van der Waals surface area contributed by atoms with Crippen LogP contribution in [-0.4, -0.2) is 48.9 Å². The number of nitrogens with zero attached hydrogens (tertiary/aromatic N) is 1. The molecule has 0 aliphatic carbocycles. The van der Waals surface area contributed by atoms with Crippen molar-refractivity contribution in [2.75, 3.05) is 26.2 Å². The molecule has 0 bridgehead atoms. The van der Waals surface area contributed by atoms with Gasteiger partial charge >= 0.3 is 0 Å². The zero-order valence-corrected chi connectivity index (χ0v) is 14.0. The Morgan fingerprint density at radius 2 is 2.24 bits per heavy atom. The van der Waals surface area contributed by atoms with Crippen molar-refractivity contribution in [2.24, 2.45) is 0 Å². The standard InChI is InChI=1S/C14H17BrClN3O2/c1-2-18-13(20)12-8-17-3-4-19(12)14(21)9-5-10(15)7-11(16)6-9/h5-7,12,17H,2-4,8H2,1H3,(H,18,20). The molecule has 1 aromatic carbocycles. The van der Waals surface area contributed by atoms with Gasteiger partial charge in [-0.25, -0.2) is 0 Å². The Balaban J connectivity index is 2.24. The SMILES string of the molecule is CCNC(=O)C1CNCCN1C(=O)c1cc(Cl)cc(Br)c1. The molecule has 0 spiro atoms. The number of rotatable bonds is 3. The molecule has 1 saturated heterocycles. The summed E-state index contributed by atoms with van der Waals surface area (Å²) in [5, 5.41) is 6.39. The third-order valence-corrected chi connectivity index (χ3v) is 3.94. The molecule has 2 amide bonds. The Morgan fingerprint density at radius 3 is 2.90 bits per heavy atom. The summed E-state index contributed by atoms with van der Waals surface area (Å²) in [6, 6.07) is 4.55. The van der Waals surface area contributed by atoms with Crippen LogP contribution in [0, 0.1) is 0 Å². The van der Waals surface area contributed by atoms with Crippen molar-refractivity contribution in [2.45, 2.75) is 13.0 Å². The summed E-state index contributed by atoms with van der Waals surface area (Å²) in [4.78, 5) is 26.4. The lowest BCUT2D eigenvalue weighted by atomic mass is 10.1. The molecule has 1 aromatic rings. The van der Waals surface area contributed by atoms with Gasteiger partial charge in [0.15, 0.2) is 0 Å². The average Bonchev–Trinajstić information content (AvgIpc) is 2.45. The van der Waals surface area contributed by atoms with Crippen LogP contribution in [0.1, 0.15) is 17.3 Å². The van der Waals surface area contributed by atoms with E-state index in [0.29, 0.717) is 36.8 Å². The van der Waals surface area contributed by atoms with Gasteiger partial charge in [0.2, 0.25) is 5.91 Å². The average molecular weight is 375 g/mol. The highest BCUT2D eigenvalue weighted by atomic mass is 79.9. The molecule has 1 fully saturated rings. The lowest BCUT2D eigenvalue weighted by molar-refractivity contribution is -0.126. The molecule has 0 saturated carbocycles. The number of amides is 2. The van der Waals surface area contributed by atoms with Crippen molar-refractivity contribution in [3.63, 3.8) is 0 Å². The first-order valence-electron chi connectivity index (χ1n) is 6.78. The predicted molar refractivity (Wildman–Crippen MR) is 85.5 cm³/mol. The van der Waals surface area contributed by atoms with E-state index in [-0.39, 0.29) is 11.8 Å². The van der Waals surface area contributed by atoms with Gasteiger partial charge in [-0.1, -0.05) is 27.5 Å². The molecule has 1 aliphatic heterocycles. The number of benzene rings is 1. The molecular weight excluding hydrogens is 358 g/mol. The van der Waals surface area contributed by atoms with Gasteiger partial charge in [0, 0.05) is 41.2 Å². The van der Waals surface area contributed by atoms with Gasteiger partial charge in [-0.15, -0.1) is 0 Å². The molecule has 1 unspecified atom stereocenters. The summed E-state index contributed by atoms with van der Waals surface area (Å²) in [7, 11) is 0. The fourth-order valence-corrected chi connectivity index (χ4v) is 3.18. The Morgan fingerprint density at radius 1 is 1.48 bits per heavy atom. The Hall–Kier alpha value is -1.11. The Labute approximate surface area is 137 Å². The lowest BCUT2D eigenvalue weighted by Crippen LogP contribution is -2.59. The van der Waals surface area contributed by atoms with Crippen molar-refractivity contribution in [3.05, 3.63) is 33.3 Å². The van der Waals surface area contributed by atoms with Crippen LogP contribution in [-0.2, 0) is 4.79 Å². The monoisotopic (exact) mass is 373 g/mol. The van der Waals surface area contributed by atoms with E-state index in [0.717, 1.165) is 4.47 Å². The molecule has 2 rings (SSSR count). The number of hydrogen-bond acceptors (Lipinski definition) is 3. The van der Waals surface area contributed by atoms with E-state index in [1.165, 1.54) is 0 Å². The van der Waals surface area contributed by atoms with Crippen molar-refractivity contribution in [1.29, 1.82) is 0 Å². The van der Waals surface area contributed by atoms with Gasteiger partial charge in [-0.2, -0.15) is 0 Å². The van der Waals surface area contributed by atoms with Crippen LogP contribution in [0.4, 0.5) is 0 Å². The predicted octanol–water partition coefficient (Wildman–Crippen LogP) is 1.65. The molecule has 7 heteroatoms. The van der Waals surface area contributed by atoms with Gasteiger partial charge < -0.3 is 15.5 Å². The number of nitrogens with one attached hydrogen (secondary N) is 2. The normalized spacial score (nSPS) is 18.4. The summed E-state index contributed by atoms with van der Waals surface area (Å²) >= 11 is 9.32. The molecule has 0 aromatic heterocycles. The molecule has 5 nitrogen and oxygen atoms in total. The highest BCUT2D eigenvalue weighted by Gasteiger charge is 2.32. The first-order valence-corrected chi connectivity index (χ1v) is 7.95. The van der Waals surface area contributed by atoms with Crippen molar-refractivity contribution >= 4 is 39.3 Å². The second-order valence-electron chi connectivity index (χ2n) is 4.77. The maximum absolute atomic E-state index is 12.7. The topological polar surface area (TPSA) is 61.4 Å². The molecule has 1 aliphatic rings. The first kappa shape index (κ1) is 16.3. The summed E-state index contributed by atoms with van der Waals surface area (Å²) in [5.41, 5.74) is 0.477. The summed E-state index contributed by atoms with van der Waals surface area (Å²) in [6.07, 6.45) is 0. The zero-order valence-electron chi connectivity index (χ0n) is 11.7. The molecule has 0 radical (unpaired) electrons. The van der Waals surface area contributed by atoms with Crippen LogP contribution in [0.3, 0.4) is 0 Å². The van der Waals surface area contributed by atoms with Gasteiger partial charge in [0.25, 0.3) is 5.91 Å². The van der Waals surface area contributed by atoms with Crippen molar-refractivity contribution < 1.29 is 9.59 Å². The largest absolute Gasteiger partial charge is 0.355 e.